The number of hydrogen-bond donors (Lipinski definition) is 2. The Bertz CT molecular complexity index is 420. The zero-order chi connectivity index (χ0) is 12.1. The minimum Gasteiger partial charge on any atom is -0.292 e. The summed E-state index contributed by atoms with van der Waals surface area (Å²) in [5, 5.41) is 0. The quantitative estimate of drug-likeness (QED) is 0.652. The number of rotatable bonds is 2. The van der Waals surface area contributed by atoms with Crippen LogP contribution >= 0.6 is 28.1 Å². The minimum atomic E-state index is -0.198. The Labute approximate surface area is 109 Å². The number of hydrogen-bond acceptors (Lipinski definition) is 2. The van der Waals surface area contributed by atoms with Gasteiger partial charge in [0.25, 0.3) is 5.91 Å². The summed E-state index contributed by atoms with van der Waals surface area (Å²) in [6, 6.07) is 5.44. The maximum Gasteiger partial charge on any atom is 0.269 e. The van der Waals surface area contributed by atoms with E-state index in [9.17, 15) is 4.79 Å². The SMILES string of the molecule is CCC(=S)NNC(=O)c1ccc(C)c(Br)c1. The molecule has 86 valence electrons. The molecule has 0 aromatic heterocycles. The van der Waals surface area contributed by atoms with Gasteiger partial charge in [0.15, 0.2) is 0 Å². The van der Waals surface area contributed by atoms with Crippen LogP contribution in [0.15, 0.2) is 22.7 Å². The van der Waals surface area contributed by atoms with Crippen molar-refractivity contribution in [3.8, 4) is 0 Å². The molecule has 1 aromatic carbocycles. The minimum absolute atomic E-state index is 0.198. The van der Waals surface area contributed by atoms with Crippen LogP contribution in [0, 0.1) is 6.92 Å². The molecule has 0 aliphatic heterocycles. The Morgan fingerprint density at radius 3 is 2.69 bits per heavy atom. The summed E-state index contributed by atoms with van der Waals surface area (Å²) in [6.45, 7) is 3.89. The van der Waals surface area contributed by atoms with Gasteiger partial charge < -0.3 is 0 Å². The molecule has 1 rings (SSSR count). The summed E-state index contributed by atoms with van der Waals surface area (Å²) in [5.41, 5.74) is 6.90. The highest BCUT2D eigenvalue weighted by atomic mass is 79.9. The predicted molar refractivity (Wildman–Crippen MR) is 72.4 cm³/mol. The van der Waals surface area contributed by atoms with Crippen molar-refractivity contribution in [2.75, 3.05) is 0 Å². The highest BCUT2D eigenvalue weighted by Gasteiger charge is 2.06. The molecule has 0 spiro atoms. The van der Waals surface area contributed by atoms with Gasteiger partial charge in [0.2, 0.25) is 0 Å². The second kappa shape index (κ2) is 5.96. The van der Waals surface area contributed by atoms with Crippen molar-refractivity contribution in [2.45, 2.75) is 20.3 Å². The molecule has 0 bridgehead atoms. The zero-order valence-corrected chi connectivity index (χ0v) is 11.5. The lowest BCUT2D eigenvalue weighted by Gasteiger charge is -2.08. The Morgan fingerprint density at radius 2 is 2.12 bits per heavy atom. The molecular formula is C11H13BrN2OS. The number of benzene rings is 1. The number of nitrogens with one attached hydrogen (secondary N) is 2. The van der Waals surface area contributed by atoms with E-state index >= 15 is 0 Å². The number of hydrazine groups is 1. The Kier molecular flexibility index (Phi) is 4.89. The summed E-state index contributed by atoms with van der Waals surface area (Å²) < 4.78 is 0.915. The average molecular weight is 301 g/mol. The standard InChI is InChI=1S/C11H13BrN2OS/c1-3-10(16)13-14-11(15)8-5-4-7(2)9(12)6-8/h4-6H,3H2,1-2H3,(H,13,16)(H,14,15). The smallest absolute Gasteiger partial charge is 0.269 e. The first kappa shape index (κ1) is 13.1. The molecule has 16 heavy (non-hydrogen) atoms. The number of halogens is 1. The summed E-state index contributed by atoms with van der Waals surface area (Å²) in [6.07, 6.45) is 0.702. The topological polar surface area (TPSA) is 41.1 Å². The van der Waals surface area contributed by atoms with Crippen molar-refractivity contribution < 1.29 is 4.79 Å². The van der Waals surface area contributed by atoms with Crippen molar-refractivity contribution in [3.63, 3.8) is 0 Å². The highest BCUT2D eigenvalue weighted by Crippen LogP contribution is 2.17. The molecule has 3 nitrogen and oxygen atoms in total. The summed E-state index contributed by atoms with van der Waals surface area (Å²) in [4.78, 5) is 12.3. The molecule has 0 saturated carbocycles. The van der Waals surface area contributed by atoms with Crippen molar-refractivity contribution in [2.24, 2.45) is 0 Å². The Hall–Kier alpha value is -0.940. The van der Waals surface area contributed by atoms with E-state index in [2.05, 4.69) is 26.8 Å². The lowest BCUT2D eigenvalue weighted by Crippen LogP contribution is -2.40. The number of carbonyl (C=O) groups is 1. The number of amides is 1. The molecule has 0 radical (unpaired) electrons. The molecule has 0 aliphatic rings. The van der Waals surface area contributed by atoms with Gasteiger partial charge in [-0.05, 0) is 31.0 Å². The summed E-state index contributed by atoms with van der Waals surface area (Å²) in [5.74, 6) is -0.198. The summed E-state index contributed by atoms with van der Waals surface area (Å²) in [7, 11) is 0. The average Bonchev–Trinajstić information content (AvgIpc) is 2.29. The molecule has 0 saturated heterocycles. The van der Waals surface area contributed by atoms with E-state index in [-0.39, 0.29) is 5.91 Å². The van der Waals surface area contributed by atoms with E-state index < -0.39 is 0 Å². The second-order valence-electron chi connectivity index (χ2n) is 3.32. The normalized spacial score (nSPS) is 9.69. The molecule has 0 heterocycles. The Morgan fingerprint density at radius 1 is 1.44 bits per heavy atom. The van der Waals surface area contributed by atoms with Crippen molar-refractivity contribution in [1.29, 1.82) is 0 Å². The first-order chi connectivity index (χ1) is 7.54. The first-order valence-electron chi connectivity index (χ1n) is 4.90. The fourth-order valence-electron chi connectivity index (χ4n) is 1.02. The first-order valence-corrected chi connectivity index (χ1v) is 6.10. The van der Waals surface area contributed by atoms with Gasteiger partial charge in [-0.25, -0.2) is 0 Å². The van der Waals surface area contributed by atoms with E-state index in [1.165, 1.54) is 0 Å². The molecule has 0 unspecified atom stereocenters. The molecule has 2 N–H and O–H groups in total. The van der Waals surface area contributed by atoms with E-state index in [1.54, 1.807) is 12.1 Å². The molecule has 1 aromatic rings. The maximum atomic E-state index is 11.7. The lowest BCUT2D eigenvalue weighted by molar-refractivity contribution is 0.0944. The van der Waals surface area contributed by atoms with Crippen molar-refractivity contribution in [3.05, 3.63) is 33.8 Å². The van der Waals surface area contributed by atoms with E-state index in [4.69, 9.17) is 12.2 Å². The van der Waals surface area contributed by atoms with Gasteiger partial charge in [-0.1, -0.05) is 41.1 Å². The van der Waals surface area contributed by atoms with E-state index in [0.29, 0.717) is 17.0 Å². The van der Waals surface area contributed by atoms with Crippen LogP contribution in [0.4, 0.5) is 0 Å². The largest absolute Gasteiger partial charge is 0.292 e. The van der Waals surface area contributed by atoms with Crippen LogP contribution < -0.4 is 10.9 Å². The fraction of sp³-hybridized carbons (Fsp3) is 0.273. The van der Waals surface area contributed by atoms with Crippen LogP contribution in [0.1, 0.15) is 29.3 Å². The molecule has 0 fully saturated rings. The highest BCUT2D eigenvalue weighted by molar-refractivity contribution is 9.10. The van der Waals surface area contributed by atoms with Gasteiger partial charge in [0.1, 0.15) is 0 Å². The van der Waals surface area contributed by atoms with Gasteiger partial charge in [0, 0.05) is 10.0 Å². The molecular weight excluding hydrogens is 288 g/mol. The van der Waals surface area contributed by atoms with Crippen molar-refractivity contribution >= 4 is 39.0 Å². The fourth-order valence-corrected chi connectivity index (χ4v) is 1.45. The molecule has 1 amide bonds. The van der Waals surface area contributed by atoms with E-state index in [0.717, 1.165) is 10.0 Å². The van der Waals surface area contributed by atoms with Crippen LogP contribution in [-0.2, 0) is 0 Å². The number of aryl methyl sites for hydroxylation is 1. The van der Waals surface area contributed by atoms with Crippen LogP contribution in [0.5, 0.6) is 0 Å². The second-order valence-corrected chi connectivity index (χ2v) is 4.67. The van der Waals surface area contributed by atoms with Gasteiger partial charge in [0.05, 0.1) is 4.99 Å². The van der Waals surface area contributed by atoms with Crippen LogP contribution in [-0.4, -0.2) is 10.9 Å². The number of thiocarbonyl (C=S) groups is 1. The van der Waals surface area contributed by atoms with Crippen LogP contribution in [0.2, 0.25) is 0 Å². The van der Waals surface area contributed by atoms with Crippen molar-refractivity contribution in [1.82, 2.24) is 10.9 Å². The molecule has 5 heteroatoms. The van der Waals surface area contributed by atoms with Crippen LogP contribution in [0.3, 0.4) is 0 Å². The maximum absolute atomic E-state index is 11.7. The third kappa shape index (κ3) is 3.57. The monoisotopic (exact) mass is 300 g/mol. The molecule has 0 atom stereocenters. The van der Waals surface area contributed by atoms with Gasteiger partial charge in [-0.15, -0.1) is 0 Å². The lowest BCUT2D eigenvalue weighted by atomic mass is 10.1. The Balaban J connectivity index is 2.66. The van der Waals surface area contributed by atoms with Crippen LogP contribution in [0.25, 0.3) is 0 Å². The van der Waals surface area contributed by atoms with Gasteiger partial charge in [-0.2, -0.15) is 0 Å². The van der Waals surface area contributed by atoms with Gasteiger partial charge in [-0.3, -0.25) is 15.6 Å². The molecule has 0 aliphatic carbocycles. The predicted octanol–water partition coefficient (Wildman–Crippen LogP) is 2.73. The third-order valence-electron chi connectivity index (χ3n) is 2.07. The van der Waals surface area contributed by atoms with Gasteiger partial charge >= 0.3 is 0 Å². The number of carbonyl (C=O) groups excluding carboxylic acids is 1. The third-order valence-corrected chi connectivity index (χ3v) is 3.32. The zero-order valence-electron chi connectivity index (χ0n) is 9.13. The summed E-state index contributed by atoms with van der Waals surface area (Å²) >= 11 is 8.32. The van der Waals surface area contributed by atoms with E-state index in [1.807, 2.05) is 19.9 Å².